The molecule has 0 saturated heterocycles. The van der Waals surface area contributed by atoms with E-state index in [0.29, 0.717) is 24.3 Å². The van der Waals surface area contributed by atoms with Gasteiger partial charge in [0.25, 0.3) is 5.91 Å². The fourth-order valence-electron chi connectivity index (χ4n) is 3.01. The molecule has 0 fully saturated rings. The lowest BCUT2D eigenvalue weighted by molar-refractivity contribution is -0.118. The van der Waals surface area contributed by atoms with Gasteiger partial charge in [0.1, 0.15) is 5.75 Å². The van der Waals surface area contributed by atoms with Gasteiger partial charge in [-0.05, 0) is 37.1 Å². The highest BCUT2D eigenvalue weighted by Crippen LogP contribution is 2.34. The predicted octanol–water partition coefficient (Wildman–Crippen LogP) is 3.20. The van der Waals surface area contributed by atoms with E-state index in [0.717, 1.165) is 16.9 Å². The summed E-state index contributed by atoms with van der Waals surface area (Å²) in [6, 6.07) is 13.0. The van der Waals surface area contributed by atoms with Gasteiger partial charge in [-0.3, -0.25) is 9.59 Å². The Morgan fingerprint density at radius 3 is 2.68 bits per heavy atom. The maximum absolute atomic E-state index is 12.8. The maximum Gasteiger partial charge on any atom is 0.253 e. The molecule has 0 bridgehead atoms. The summed E-state index contributed by atoms with van der Waals surface area (Å²) in [5.74, 6) is 0.355. The van der Waals surface area contributed by atoms with Gasteiger partial charge < -0.3 is 15.0 Å². The summed E-state index contributed by atoms with van der Waals surface area (Å²) < 4.78 is 5.62. The highest BCUT2D eigenvalue weighted by Gasteiger charge is 2.27. The highest BCUT2D eigenvalue weighted by atomic mass is 16.5. The summed E-state index contributed by atoms with van der Waals surface area (Å²) in [5.41, 5.74) is 3.01. The van der Waals surface area contributed by atoms with Crippen LogP contribution < -0.4 is 10.1 Å². The van der Waals surface area contributed by atoms with Crippen LogP contribution in [0.15, 0.2) is 42.5 Å². The molecular formula is C20H22N2O3. The number of fused-ring (bicyclic) bond motifs is 1. The zero-order chi connectivity index (χ0) is 18.0. The van der Waals surface area contributed by atoms with E-state index in [2.05, 4.69) is 5.32 Å². The van der Waals surface area contributed by atoms with Crippen LogP contribution in [-0.2, 0) is 4.79 Å². The molecule has 5 heteroatoms. The standard InChI is InChI=1S/C20H22N2O3/c1-13-8-9-14(12-17(13)20(24)22(2)3)21-19(23)16-10-11-25-18-7-5-4-6-15(16)18/h4-9,12,16H,10-11H2,1-3H3,(H,21,23). The molecule has 2 amide bonds. The van der Waals surface area contributed by atoms with Crippen molar-refractivity contribution in [2.75, 3.05) is 26.0 Å². The molecule has 25 heavy (non-hydrogen) atoms. The molecule has 0 saturated carbocycles. The molecule has 130 valence electrons. The molecule has 1 N–H and O–H groups in total. The van der Waals surface area contributed by atoms with E-state index in [9.17, 15) is 9.59 Å². The van der Waals surface area contributed by atoms with Crippen LogP contribution in [0.25, 0.3) is 0 Å². The molecule has 2 aromatic rings. The molecule has 1 aliphatic rings. The molecule has 0 radical (unpaired) electrons. The number of benzene rings is 2. The van der Waals surface area contributed by atoms with Gasteiger partial charge in [0.15, 0.2) is 0 Å². The van der Waals surface area contributed by atoms with Crippen molar-refractivity contribution in [1.29, 1.82) is 0 Å². The first-order valence-corrected chi connectivity index (χ1v) is 8.32. The van der Waals surface area contributed by atoms with Gasteiger partial charge in [0, 0.05) is 30.9 Å². The van der Waals surface area contributed by atoms with Crippen LogP contribution in [-0.4, -0.2) is 37.4 Å². The van der Waals surface area contributed by atoms with Crippen LogP contribution in [0.3, 0.4) is 0 Å². The van der Waals surface area contributed by atoms with E-state index in [1.807, 2.05) is 43.3 Å². The van der Waals surface area contributed by atoms with Gasteiger partial charge in [-0.15, -0.1) is 0 Å². The van der Waals surface area contributed by atoms with E-state index in [-0.39, 0.29) is 17.7 Å². The summed E-state index contributed by atoms with van der Waals surface area (Å²) in [6.07, 6.45) is 0.637. The molecule has 1 unspecified atom stereocenters. The number of hydrogen-bond acceptors (Lipinski definition) is 3. The number of nitrogens with one attached hydrogen (secondary N) is 1. The molecule has 1 aliphatic heterocycles. The average Bonchev–Trinajstić information content (AvgIpc) is 2.62. The van der Waals surface area contributed by atoms with Crippen molar-refractivity contribution in [3.8, 4) is 5.75 Å². The first-order chi connectivity index (χ1) is 12.0. The monoisotopic (exact) mass is 338 g/mol. The van der Waals surface area contributed by atoms with E-state index in [4.69, 9.17) is 4.74 Å². The quantitative estimate of drug-likeness (QED) is 0.935. The number of hydrogen-bond donors (Lipinski definition) is 1. The third-order valence-corrected chi connectivity index (χ3v) is 4.42. The molecule has 5 nitrogen and oxygen atoms in total. The van der Waals surface area contributed by atoms with Crippen LogP contribution in [0.1, 0.15) is 33.8 Å². The van der Waals surface area contributed by atoms with Crippen molar-refractivity contribution in [1.82, 2.24) is 4.90 Å². The number of nitrogens with zero attached hydrogens (tertiary/aromatic N) is 1. The number of amides is 2. The minimum absolute atomic E-state index is 0.0787. The number of ether oxygens (including phenoxy) is 1. The van der Waals surface area contributed by atoms with Gasteiger partial charge >= 0.3 is 0 Å². The van der Waals surface area contributed by atoms with E-state index >= 15 is 0 Å². The SMILES string of the molecule is Cc1ccc(NC(=O)C2CCOc3ccccc32)cc1C(=O)N(C)C. The summed E-state index contributed by atoms with van der Waals surface area (Å²) in [5, 5.41) is 2.95. The number of rotatable bonds is 3. The zero-order valence-corrected chi connectivity index (χ0v) is 14.7. The van der Waals surface area contributed by atoms with Gasteiger partial charge in [-0.2, -0.15) is 0 Å². The fraction of sp³-hybridized carbons (Fsp3) is 0.300. The lowest BCUT2D eigenvalue weighted by Gasteiger charge is -2.25. The summed E-state index contributed by atoms with van der Waals surface area (Å²) in [7, 11) is 3.43. The lowest BCUT2D eigenvalue weighted by atomic mass is 9.92. The summed E-state index contributed by atoms with van der Waals surface area (Å²) in [6.45, 7) is 2.41. The second-order valence-electron chi connectivity index (χ2n) is 6.45. The molecule has 0 aromatic heterocycles. The molecule has 0 aliphatic carbocycles. The summed E-state index contributed by atoms with van der Waals surface area (Å²) >= 11 is 0. The Balaban J connectivity index is 1.83. The first kappa shape index (κ1) is 17.0. The van der Waals surface area contributed by atoms with Gasteiger partial charge in [-0.25, -0.2) is 0 Å². The Bertz CT molecular complexity index is 814. The Kier molecular flexibility index (Phi) is 4.74. The number of anilines is 1. The Morgan fingerprint density at radius 1 is 1.16 bits per heavy atom. The topological polar surface area (TPSA) is 58.6 Å². The van der Waals surface area contributed by atoms with Crippen LogP contribution in [0.2, 0.25) is 0 Å². The van der Waals surface area contributed by atoms with E-state index < -0.39 is 0 Å². The lowest BCUT2D eigenvalue weighted by Crippen LogP contribution is -2.27. The van der Waals surface area contributed by atoms with Crippen molar-refractivity contribution in [3.63, 3.8) is 0 Å². The second-order valence-corrected chi connectivity index (χ2v) is 6.45. The average molecular weight is 338 g/mol. The largest absolute Gasteiger partial charge is 0.493 e. The predicted molar refractivity (Wildman–Crippen MR) is 97.1 cm³/mol. The molecule has 1 atom stereocenters. The number of carbonyl (C=O) groups excluding carboxylic acids is 2. The number of carbonyl (C=O) groups is 2. The van der Waals surface area contributed by atoms with Crippen molar-refractivity contribution in [3.05, 3.63) is 59.2 Å². The summed E-state index contributed by atoms with van der Waals surface area (Å²) in [4.78, 5) is 26.6. The van der Waals surface area contributed by atoms with E-state index in [1.165, 1.54) is 4.90 Å². The van der Waals surface area contributed by atoms with Crippen molar-refractivity contribution in [2.45, 2.75) is 19.3 Å². The Hall–Kier alpha value is -2.82. The van der Waals surface area contributed by atoms with Crippen LogP contribution in [0, 0.1) is 6.92 Å². The van der Waals surface area contributed by atoms with Crippen LogP contribution in [0.4, 0.5) is 5.69 Å². The normalized spacial score (nSPS) is 15.7. The zero-order valence-electron chi connectivity index (χ0n) is 14.7. The Labute approximate surface area is 147 Å². The van der Waals surface area contributed by atoms with Crippen molar-refractivity contribution >= 4 is 17.5 Å². The number of aryl methyl sites for hydroxylation is 1. The second kappa shape index (κ2) is 6.97. The fourth-order valence-corrected chi connectivity index (χ4v) is 3.01. The van der Waals surface area contributed by atoms with Gasteiger partial charge in [0.05, 0.1) is 12.5 Å². The van der Waals surface area contributed by atoms with E-state index in [1.54, 1.807) is 20.2 Å². The third kappa shape index (κ3) is 3.50. The minimum Gasteiger partial charge on any atom is -0.493 e. The molecule has 3 rings (SSSR count). The minimum atomic E-state index is -0.251. The number of para-hydroxylation sites is 1. The first-order valence-electron chi connectivity index (χ1n) is 8.32. The third-order valence-electron chi connectivity index (χ3n) is 4.42. The van der Waals surface area contributed by atoms with Gasteiger partial charge in [0.2, 0.25) is 5.91 Å². The molecule has 2 aromatic carbocycles. The van der Waals surface area contributed by atoms with Crippen molar-refractivity contribution in [2.24, 2.45) is 0 Å². The molecule has 1 heterocycles. The molecule has 0 spiro atoms. The maximum atomic E-state index is 12.8. The van der Waals surface area contributed by atoms with Crippen molar-refractivity contribution < 1.29 is 14.3 Å². The van der Waals surface area contributed by atoms with Gasteiger partial charge in [-0.1, -0.05) is 24.3 Å². The smallest absolute Gasteiger partial charge is 0.253 e. The highest BCUT2D eigenvalue weighted by molar-refractivity contribution is 6.00. The molecular weight excluding hydrogens is 316 g/mol. The van der Waals surface area contributed by atoms with Crippen LogP contribution in [0.5, 0.6) is 5.75 Å². The van der Waals surface area contributed by atoms with Crippen LogP contribution >= 0.6 is 0 Å². The Morgan fingerprint density at radius 2 is 1.92 bits per heavy atom.